The Morgan fingerprint density at radius 2 is 1.94 bits per heavy atom. The van der Waals surface area contributed by atoms with Crippen LogP contribution in [0.15, 0.2) is 41.4 Å². The van der Waals surface area contributed by atoms with E-state index in [0.717, 1.165) is 47.5 Å². The van der Waals surface area contributed by atoms with Crippen LogP contribution in [0.4, 0.5) is 5.00 Å². The molecule has 1 aliphatic carbocycles. The van der Waals surface area contributed by atoms with Crippen LogP contribution in [0.5, 0.6) is 0 Å². The summed E-state index contributed by atoms with van der Waals surface area (Å²) in [5.41, 5.74) is 3.52. The smallest absolute Gasteiger partial charge is 0.341 e. The summed E-state index contributed by atoms with van der Waals surface area (Å²) >= 11 is 3.04. The van der Waals surface area contributed by atoms with Gasteiger partial charge in [0, 0.05) is 22.6 Å². The third-order valence-electron chi connectivity index (χ3n) is 5.37. The molecule has 1 aromatic carbocycles. The molecule has 4 rings (SSSR count). The highest BCUT2D eigenvalue weighted by Crippen LogP contribution is 2.38. The fourth-order valence-corrected chi connectivity index (χ4v) is 6.06. The van der Waals surface area contributed by atoms with Gasteiger partial charge in [0.25, 0.3) is 0 Å². The lowest BCUT2D eigenvalue weighted by Gasteiger charge is -2.12. The first kappa shape index (κ1) is 23.4. The summed E-state index contributed by atoms with van der Waals surface area (Å²) in [5, 5.41) is 4.44. The number of ether oxygens (including phenoxy) is 1. The Bertz CT molecular complexity index is 1150. The van der Waals surface area contributed by atoms with Crippen LogP contribution >= 0.6 is 23.1 Å². The largest absolute Gasteiger partial charge is 0.462 e. The maximum atomic E-state index is 12.7. The van der Waals surface area contributed by atoms with Gasteiger partial charge in [0.15, 0.2) is 0 Å². The predicted octanol–water partition coefficient (Wildman–Crippen LogP) is 5.69. The average Bonchev–Trinajstić information content (AvgIpc) is 3.17. The molecule has 0 bridgehead atoms. The zero-order valence-electron chi connectivity index (χ0n) is 18.8. The number of anilines is 1. The highest BCUT2D eigenvalue weighted by Gasteiger charge is 2.27. The van der Waals surface area contributed by atoms with Gasteiger partial charge in [-0.25, -0.2) is 14.8 Å². The number of nitrogens with zero attached hydrogens (tertiary/aromatic N) is 2. The SMILES string of the molecule is CCOC(=O)c1c(NC(=O)CCSc2cc(-c3ccccc3)nc(C)n2)sc2c1CCCC2. The van der Waals surface area contributed by atoms with Crippen molar-refractivity contribution in [2.75, 3.05) is 17.7 Å². The van der Waals surface area contributed by atoms with E-state index < -0.39 is 0 Å². The standard InChI is InChI=1S/C25H27N3O3S2/c1-3-31-25(30)23-18-11-7-8-12-20(18)33-24(23)28-21(29)13-14-32-22-15-19(26-16(2)27-22)17-9-5-4-6-10-17/h4-6,9-10,15H,3,7-8,11-14H2,1-2H3,(H,28,29). The van der Waals surface area contributed by atoms with Crippen LogP contribution in [0.3, 0.4) is 0 Å². The molecule has 0 saturated carbocycles. The second-order valence-corrected chi connectivity index (χ2v) is 10.0. The Labute approximate surface area is 202 Å². The van der Waals surface area contributed by atoms with E-state index in [2.05, 4.69) is 15.3 Å². The van der Waals surface area contributed by atoms with Crippen molar-refractivity contribution in [2.45, 2.75) is 51.0 Å². The molecule has 1 amide bonds. The summed E-state index contributed by atoms with van der Waals surface area (Å²) < 4.78 is 5.27. The Hall–Kier alpha value is -2.71. The van der Waals surface area contributed by atoms with Gasteiger partial charge in [0.1, 0.15) is 15.9 Å². The Morgan fingerprint density at radius 3 is 2.73 bits per heavy atom. The van der Waals surface area contributed by atoms with Crippen molar-refractivity contribution in [1.29, 1.82) is 0 Å². The van der Waals surface area contributed by atoms with Gasteiger partial charge in [0.05, 0.1) is 17.9 Å². The fraction of sp³-hybridized carbons (Fsp3) is 0.360. The maximum Gasteiger partial charge on any atom is 0.341 e. The van der Waals surface area contributed by atoms with E-state index in [9.17, 15) is 9.59 Å². The lowest BCUT2D eigenvalue weighted by atomic mass is 9.95. The molecule has 2 heterocycles. The molecular formula is C25H27N3O3S2. The van der Waals surface area contributed by atoms with Crippen molar-refractivity contribution in [3.63, 3.8) is 0 Å². The average molecular weight is 482 g/mol. The summed E-state index contributed by atoms with van der Waals surface area (Å²) in [5.74, 6) is 0.829. The minimum Gasteiger partial charge on any atom is -0.462 e. The quantitative estimate of drug-likeness (QED) is 0.253. The summed E-state index contributed by atoms with van der Waals surface area (Å²) in [4.78, 5) is 35.5. The third-order valence-corrected chi connectivity index (χ3v) is 7.49. The van der Waals surface area contributed by atoms with Crippen molar-refractivity contribution in [3.8, 4) is 11.3 Å². The Kier molecular flexibility index (Phi) is 7.77. The van der Waals surface area contributed by atoms with Crippen molar-refractivity contribution in [3.05, 3.63) is 58.2 Å². The minimum absolute atomic E-state index is 0.110. The molecule has 2 aromatic heterocycles. The molecule has 8 heteroatoms. The van der Waals surface area contributed by atoms with Crippen LogP contribution in [0, 0.1) is 6.92 Å². The van der Waals surface area contributed by atoms with Crippen molar-refractivity contribution >= 4 is 40.0 Å². The zero-order chi connectivity index (χ0) is 23.2. The number of aryl methyl sites for hydroxylation is 2. The molecule has 33 heavy (non-hydrogen) atoms. The number of aromatic nitrogens is 2. The van der Waals surface area contributed by atoms with Gasteiger partial charge in [-0.1, -0.05) is 30.3 Å². The maximum absolute atomic E-state index is 12.7. The molecule has 3 aromatic rings. The molecule has 0 fully saturated rings. The van der Waals surface area contributed by atoms with E-state index in [-0.39, 0.29) is 11.9 Å². The highest BCUT2D eigenvalue weighted by molar-refractivity contribution is 7.99. The summed E-state index contributed by atoms with van der Waals surface area (Å²) in [6, 6.07) is 11.9. The summed E-state index contributed by atoms with van der Waals surface area (Å²) in [6.07, 6.45) is 4.31. The molecule has 6 nitrogen and oxygen atoms in total. The number of carbonyl (C=O) groups is 2. The zero-order valence-corrected chi connectivity index (χ0v) is 20.5. The first-order valence-corrected chi connectivity index (χ1v) is 13.0. The second kappa shape index (κ2) is 10.9. The summed E-state index contributed by atoms with van der Waals surface area (Å²) in [7, 11) is 0. The number of nitrogens with one attached hydrogen (secondary N) is 1. The van der Waals surface area contributed by atoms with Gasteiger partial charge < -0.3 is 10.1 Å². The van der Waals surface area contributed by atoms with Crippen LogP contribution in [-0.4, -0.2) is 34.2 Å². The molecule has 0 unspecified atom stereocenters. The summed E-state index contributed by atoms with van der Waals surface area (Å²) in [6.45, 7) is 3.99. The van der Waals surface area contributed by atoms with E-state index in [0.29, 0.717) is 35.2 Å². The van der Waals surface area contributed by atoms with Gasteiger partial charge >= 0.3 is 5.97 Å². The highest BCUT2D eigenvalue weighted by atomic mass is 32.2. The van der Waals surface area contributed by atoms with Crippen LogP contribution in [-0.2, 0) is 22.4 Å². The van der Waals surface area contributed by atoms with E-state index in [1.165, 1.54) is 28.0 Å². The molecule has 1 aliphatic rings. The number of carbonyl (C=O) groups excluding carboxylic acids is 2. The molecule has 0 atom stereocenters. The van der Waals surface area contributed by atoms with Crippen molar-refractivity contribution in [2.24, 2.45) is 0 Å². The van der Waals surface area contributed by atoms with E-state index in [4.69, 9.17) is 4.74 Å². The number of thioether (sulfide) groups is 1. The third kappa shape index (κ3) is 5.81. The van der Waals surface area contributed by atoms with Crippen molar-refractivity contribution in [1.82, 2.24) is 9.97 Å². The molecule has 0 saturated heterocycles. The monoisotopic (exact) mass is 481 g/mol. The van der Waals surface area contributed by atoms with Gasteiger partial charge in [-0.05, 0) is 51.2 Å². The first-order chi connectivity index (χ1) is 16.0. The number of esters is 1. The fourth-order valence-electron chi connectivity index (χ4n) is 3.88. The lowest BCUT2D eigenvalue weighted by Crippen LogP contribution is -2.16. The van der Waals surface area contributed by atoms with E-state index in [1.54, 1.807) is 6.92 Å². The molecule has 0 spiro atoms. The molecule has 0 aliphatic heterocycles. The van der Waals surface area contributed by atoms with Crippen molar-refractivity contribution < 1.29 is 14.3 Å². The molecule has 172 valence electrons. The van der Waals surface area contributed by atoms with E-state index in [1.807, 2.05) is 43.3 Å². The number of fused-ring (bicyclic) bond motifs is 1. The number of benzene rings is 1. The predicted molar refractivity (Wildman–Crippen MR) is 133 cm³/mol. The normalized spacial score (nSPS) is 12.8. The second-order valence-electron chi connectivity index (χ2n) is 7.79. The van der Waals surface area contributed by atoms with Gasteiger partial charge in [-0.2, -0.15) is 0 Å². The topological polar surface area (TPSA) is 81.2 Å². The van der Waals surface area contributed by atoms with E-state index >= 15 is 0 Å². The molecule has 0 radical (unpaired) electrons. The number of thiophene rings is 1. The van der Waals surface area contributed by atoms with Crippen LogP contribution < -0.4 is 5.32 Å². The number of rotatable bonds is 8. The lowest BCUT2D eigenvalue weighted by molar-refractivity contribution is -0.115. The number of hydrogen-bond donors (Lipinski definition) is 1. The van der Waals surface area contributed by atoms with Gasteiger partial charge in [0.2, 0.25) is 5.91 Å². The molecule has 1 N–H and O–H groups in total. The number of amides is 1. The Balaban J connectivity index is 1.40. The van der Waals surface area contributed by atoms with Gasteiger partial charge in [-0.15, -0.1) is 23.1 Å². The first-order valence-electron chi connectivity index (χ1n) is 11.2. The van der Waals surface area contributed by atoms with Crippen LogP contribution in [0.1, 0.15) is 52.8 Å². The minimum atomic E-state index is -0.341. The number of hydrogen-bond acceptors (Lipinski definition) is 7. The van der Waals surface area contributed by atoms with Crippen LogP contribution in [0.2, 0.25) is 0 Å². The Morgan fingerprint density at radius 1 is 1.15 bits per heavy atom. The van der Waals surface area contributed by atoms with Gasteiger partial charge in [-0.3, -0.25) is 4.79 Å². The van der Waals surface area contributed by atoms with Crippen LogP contribution in [0.25, 0.3) is 11.3 Å². The molecular weight excluding hydrogens is 454 g/mol.